The number of ketones is 1. The molecule has 22 heavy (non-hydrogen) atoms. The standard InChI is InChI=1S/C18H36N2O2/c1-7-19(8-2)14-17(21)16(6)11-10-12-20(9-3)18(22)13-15(4)5/h15-16H,7-14H2,1-6H3. The molecule has 0 radical (unpaired) electrons. The van der Waals surface area contributed by atoms with Crippen LogP contribution in [0, 0.1) is 11.8 Å². The molecule has 1 atom stereocenters. The molecule has 0 saturated carbocycles. The number of Topliss-reactive ketones (excluding diaryl/α,β-unsaturated/α-hetero) is 1. The molecule has 0 aromatic rings. The Labute approximate surface area is 137 Å². The number of hydrogen-bond acceptors (Lipinski definition) is 3. The van der Waals surface area contributed by atoms with E-state index in [0.29, 0.717) is 24.7 Å². The van der Waals surface area contributed by atoms with E-state index in [0.717, 1.165) is 39.0 Å². The second kappa shape index (κ2) is 11.6. The summed E-state index contributed by atoms with van der Waals surface area (Å²) >= 11 is 0. The van der Waals surface area contributed by atoms with E-state index >= 15 is 0 Å². The third-order valence-electron chi connectivity index (χ3n) is 4.21. The molecule has 1 unspecified atom stereocenters. The summed E-state index contributed by atoms with van der Waals surface area (Å²) in [5.74, 6) is 1.04. The van der Waals surface area contributed by atoms with Gasteiger partial charge in [0.15, 0.2) is 0 Å². The number of carbonyl (C=O) groups excluding carboxylic acids is 2. The van der Waals surface area contributed by atoms with Crippen molar-refractivity contribution >= 4 is 11.7 Å². The van der Waals surface area contributed by atoms with Crippen molar-refractivity contribution in [2.24, 2.45) is 11.8 Å². The van der Waals surface area contributed by atoms with Crippen molar-refractivity contribution in [3.63, 3.8) is 0 Å². The van der Waals surface area contributed by atoms with Gasteiger partial charge in [0, 0.05) is 25.4 Å². The van der Waals surface area contributed by atoms with E-state index in [-0.39, 0.29) is 11.8 Å². The van der Waals surface area contributed by atoms with Crippen LogP contribution in [-0.2, 0) is 9.59 Å². The third-order valence-corrected chi connectivity index (χ3v) is 4.21. The molecule has 0 bridgehead atoms. The molecule has 0 fully saturated rings. The quantitative estimate of drug-likeness (QED) is 0.555. The molecule has 0 aromatic carbocycles. The van der Waals surface area contributed by atoms with E-state index in [1.54, 1.807) is 0 Å². The Morgan fingerprint density at radius 1 is 0.955 bits per heavy atom. The Hall–Kier alpha value is -0.900. The average Bonchev–Trinajstić information content (AvgIpc) is 2.47. The van der Waals surface area contributed by atoms with Gasteiger partial charge in [-0.2, -0.15) is 0 Å². The van der Waals surface area contributed by atoms with Gasteiger partial charge in [-0.1, -0.05) is 34.6 Å². The Kier molecular flexibility index (Phi) is 11.2. The SMILES string of the molecule is CCN(CC)CC(=O)C(C)CCCN(CC)C(=O)CC(C)C. The number of amides is 1. The molecule has 0 aliphatic rings. The van der Waals surface area contributed by atoms with Crippen molar-refractivity contribution in [3.8, 4) is 0 Å². The summed E-state index contributed by atoms with van der Waals surface area (Å²) < 4.78 is 0. The van der Waals surface area contributed by atoms with E-state index in [2.05, 4.69) is 32.6 Å². The van der Waals surface area contributed by atoms with Gasteiger partial charge >= 0.3 is 0 Å². The summed E-state index contributed by atoms with van der Waals surface area (Å²) in [4.78, 5) is 28.3. The van der Waals surface area contributed by atoms with E-state index in [9.17, 15) is 9.59 Å². The topological polar surface area (TPSA) is 40.6 Å². The minimum Gasteiger partial charge on any atom is -0.343 e. The van der Waals surface area contributed by atoms with Crippen molar-refractivity contribution in [1.29, 1.82) is 0 Å². The van der Waals surface area contributed by atoms with Gasteiger partial charge in [-0.3, -0.25) is 14.5 Å². The first-order valence-electron chi connectivity index (χ1n) is 8.88. The van der Waals surface area contributed by atoms with E-state index in [1.807, 2.05) is 18.7 Å². The minimum atomic E-state index is 0.0829. The molecule has 4 heteroatoms. The zero-order valence-electron chi connectivity index (χ0n) is 15.5. The monoisotopic (exact) mass is 312 g/mol. The van der Waals surface area contributed by atoms with Crippen LogP contribution >= 0.6 is 0 Å². The minimum absolute atomic E-state index is 0.0829. The maximum absolute atomic E-state index is 12.2. The van der Waals surface area contributed by atoms with Gasteiger partial charge < -0.3 is 4.90 Å². The van der Waals surface area contributed by atoms with Crippen LogP contribution in [0.25, 0.3) is 0 Å². The van der Waals surface area contributed by atoms with E-state index in [4.69, 9.17) is 0 Å². The fourth-order valence-corrected chi connectivity index (χ4v) is 2.51. The van der Waals surface area contributed by atoms with Crippen LogP contribution in [0.3, 0.4) is 0 Å². The van der Waals surface area contributed by atoms with Gasteiger partial charge in [-0.25, -0.2) is 0 Å². The second-order valence-corrected chi connectivity index (χ2v) is 6.54. The molecule has 0 N–H and O–H groups in total. The second-order valence-electron chi connectivity index (χ2n) is 6.54. The molecule has 0 saturated heterocycles. The highest BCUT2D eigenvalue weighted by Gasteiger charge is 2.17. The van der Waals surface area contributed by atoms with Gasteiger partial charge in [0.2, 0.25) is 5.91 Å². The number of rotatable bonds is 12. The smallest absolute Gasteiger partial charge is 0.222 e. The van der Waals surface area contributed by atoms with Crippen LogP contribution in [0.15, 0.2) is 0 Å². The van der Waals surface area contributed by atoms with Crippen LogP contribution in [0.5, 0.6) is 0 Å². The van der Waals surface area contributed by atoms with E-state index < -0.39 is 0 Å². The summed E-state index contributed by atoms with van der Waals surface area (Å²) in [7, 11) is 0. The lowest BCUT2D eigenvalue weighted by Gasteiger charge is -2.23. The fourth-order valence-electron chi connectivity index (χ4n) is 2.51. The molecule has 0 aliphatic carbocycles. The Balaban J connectivity index is 4.15. The maximum atomic E-state index is 12.2. The summed E-state index contributed by atoms with van der Waals surface area (Å²) in [6, 6.07) is 0. The molecule has 1 amide bonds. The lowest BCUT2D eigenvalue weighted by molar-refractivity contribution is -0.131. The Morgan fingerprint density at radius 2 is 1.55 bits per heavy atom. The van der Waals surface area contributed by atoms with Crippen LogP contribution in [0.2, 0.25) is 0 Å². The Morgan fingerprint density at radius 3 is 2.00 bits per heavy atom. The molecular weight excluding hydrogens is 276 g/mol. The molecule has 0 heterocycles. The summed E-state index contributed by atoms with van der Waals surface area (Å²) in [5.41, 5.74) is 0. The highest BCUT2D eigenvalue weighted by Crippen LogP contribution is 2.11. The van der Waals surface area contributed by atoms with Gasteiger partial charge in [0.25, 0.3) is 0 Å². The van der Waals surface area contributed by atoms with Crippen LogP contribution in [-0.4, -0.2) is 54.2 Å². The van der Waals surface area contributed by atoms with Gasteiger partial charge in [-0.15, -0.1) is 0 Å². The van der Waals surface area contributed by atoms with Crippen molar-refractivity contribution < 1.29 is 9.59 Å². The first kappa shape index (κ1) is 21.1. The predicted octanol–water partition coefficient (Wildman–Crippen LogP) is 3.21. The molecule has 0 aliphatic heterocycles. The Bertz CT molecular complexity index is 325. The normalized spacial score (nSPS) is 12.7. The largest absolute Gasteiger partial charge is 0.343 e. The van der Waals surface area contributed by atoms with Gasteiger partial charge in [0.05, 0.1) is 6.54 Å². The van der Waals surface area contributed by atoms with E-state index in [1.165, 1.54) is 0 Å². The number of nitrogens with zero attached hydrogens (tertiary/aromatic N) is 2. The first-order chi connectivity index (χ1) is 10.3. The molecule has 0 aromatic heterocycles. The van der Waals surface area contributed by atoms with Crippen LogP contribution in [0.1, 0.15) is 60.8 Å². The summed E-state index contributed by atoms with van der Waals surface area (Å²) in [6.45, 7) is 16.3. The molecular formula is C18H36N2O2. The lowest BCUT2D eigenvalue weighted by Crippen LogP contribution is -2.34. The highest BCUT2D eigenvalue weighted by atomic mass is 16.2. The number of hydrogen-bond donors (Lipinski definition) is 0. The predicted molar refractivity (Wildman–Crippen MR) is 92.9 cm³/mol. The summed E-state index contributed by atoms with van der Waals surface area (Å²) in [5, 5.41) is 0. The number of likely N-dealkylation sites (N-methyl/N-ethyl adjacent to an activating group) is 1. The van der Waals surface area contributed by atoms with Gasteiger partial charge in [-0.05, 0) is 38.8 Å². The fraction of sp³-hybridized carbons (Fsp3) is 0.889. The molecule has 0 spiro atoms. The van der Waals surface area contributed by atoms with Crippen LogP contribution < -0.4 is 0 Å². The maximum Gasteiger partial charge on any atom is 0.222 e. The van der Waals surface area contributed by atoms with Gasteiger partial charge in [0.1, 0.15) is 5.78 Å². The van der Waals surface area contributed by atoms with Crippen molar-refractivity contribution in [3.05, 3.63) is 0 Å². The zero-order valence-corrected chi connectivity index (χ0v) is 15.5. The van der Waals surface area contributed by atoms with Crippen molar-refractivity contribution in [2.75, 3.05) is 32.7 Å². The summed E-state index contributed by atoms with van der Waals surface area (Å²) in [6.07, 6.45) is 2.39. The molecule has 130 valence electrons. The van der Waals surface area contributed by atoms with Crippen molar-refractivity contribution in [1.82, 2.24) is 9.80 Å². The molecule has 4 nitrogen and oxygen atoms in total. The number of carbonyl (C=O) groups is 2. The highest BCUT2D eigenvalue weighted by molar-refractivity contribution is 5.82. The van der Waals surface area contributed by atoms with Crippen LogP contribution in [0.4, 0.5) is 0 Å². The molecule has 0 rings (SSSR count). The lowest BCUT2D eigenvalue weighted by atomic mass is 9.99. The first-order valence-corrected chi connectivity index (χ1v) is 8.88. The van der Waals surface area contributed by atoms with Crippen molar-refractivity contribution in [2.45, 2.75) is 60.8 Å². The third kappa shape index (κ3) is 8.52. The zero-order chi connectivity index (χ0) is 17.1. The average molecular weight is 312 g/mol.